The highest BCUT2D eigenvalue weighted by atomic mass is 17.4. The van der Waals surface area contributed by atoms with Crippen LogP contribution in [0.5, 0.6) is 0 Å². The second-order valence-electron chi connectivity index (χ2n) is 2.69. The van der Waals surface area contributed by atoms with Crippen molar-refractivity contribution in [3.63, 3.8) is 0 Å². The Morgan fingerprint density at radius 3 is 2.45 bits per heavy atom. The fourth-order valence-electron chi connectivity index (χ4n) is 0.857. The van der Waals surface area contributed by atoms with Crippen LogP contribution in [0.4, 0.5) is 0 Å². The lowest BCUT2D eigenvalue weighted by molar-refractivity contribution is 0.00101. The number of unbranched alkanes of at least 4 members (excludes halogenated alkanes) is 1. The lowest BCUT2D eigenvalue weighted by atomic mass is 10.1. The van der Waals surface area contributed by atoms with Gasteiger partial charge in [0.1, 0.15) is 0 Å². The number of hydrogen-bond acceptors (Lipinski definition) is 5. The fraction of sp³-hybridized carbons (Fsp3) is 1.00. The minimum atomic E-state index is -1.51. The Balaban J connectivity index is 2.06. The van der Waals surface area contributed by atoms with Crippen molar-refractivity contribution in [3.05, 3.63) is 0 Å². The van der Waals surface area contributed by atoms with Gasteiger partial charge in [-0.2, -0.15) is 9.78 Å². The van der Waals surface area contributed by atoms with E-state index in [0.717, 1.165) is 12.8 Å². The van der Waals surface area contributed by atoms with Crippen molar-refractivity contribution in [2.75, 3.05) is 6.54 Å². The Bertz CT molecular complexity index is 127. The molecule has 11 heavy (non-hydrogen) atoms. The molecule has 1 atom stereocenters. The Kier molecular flexibility index (Phi) is 2.80. The van der Waals surface area contributed by atoms with E-state index in [0.29, 0.717) is 13.0 Å². The van der Waals surface area contributed by atoms with Crippen LogP contribution in [0.3, 0.4) is 0 Å². The smallest absolute Gasteiger partial charge is 0.338 e. The Morgan fingerprint density at radius 1 is 1.36 bits per heavy atom. The van der Waals surface area contributed by atoms with E-state index in [1.165, 1.54) is 0 Å². The van der Waals surface area contributed by atoms with Gasteiger partial charge in [-0.25, -0.2) is 0 Å². The summed E-state index contributed by atoms with van der Waals surface area (Å²) in [5, 5.41) is 9.10. The van der Waals surface area contributed by atoms with Gasteiger partial charge in [0.05, 0.1) is 6.04 Å². The predicted octanol–water partition coefficient (Wildman–Crippen LogP) is -0.949. The summed E-state index contributed by atoms with van der Waals surface area (Å²) in [6.45, 7) is 0.646. The van der Waals surface area contributed by atoms with Crippen LogP contribution in [0.25, 0.3) is 0 Å². The quantitative estimate of drug-likeness (QED) is 0.275. The lowest BCUT2D eigenvalue weighted by Gasteiger charge is -2.09. The molecule has 66 valence electrons. The average molecular weight is 162 g/mol. The van der Waals surface area contributed by atoms with Crippen LogP contribution >= 0.6 is 0 Å². The first kappa shape index (κ1) is 8.89. The van der Waals surface area contributed by atoms with Gasteiger partial charge in [-0.1, -0.05) is 6.42 Å². The maximum absolute atomic E-state index is 9.10. The van der Waals surface area contributed by atoms with Gasteiger partial charge in [0.15, 0.2) is 0 Å². The normalized spacial score (nSPS) is 23.2. The first-order valence-corrected chi connectivity index (χ1v) is 3.74. The third-order valence-electron chi connectivity index (χ3n) is 1.69. The first-order chi connectivity index (χ1) is 5.19. The van der Waals surface area contributed by atoms with Gasteiger partial charge in [-0.15, -0.1) is 0 Å². The minimum absolute atomic E-state index is 0.464. The summed E-state index contributed by atoms with van der Waals surface area (Å²) in [5.41, 5.74) is 10.8. The highest BCUT2D eigenvalue weighted by Crippen LogP contribution is 2.30. The van der Waals surface area contributed by atoms with Crippen LogP contribution < -0.4 is 11.5 Å². The topological polar surface area (TPSA) is 97.3 Å². The average Bonchev–Trinajstić information content (AvgIpc) is 2.70. The van der Waals surface area contributed by atoms with Crippen LogP contribution in [0.15, 0.2) is 0 Å². The van der Waals surface area contributed by atoms with Gasteiger partial charge in [-0.3, -0.25) is 0 Å². The van der Waals surface area contributed by atoms with Crippen LogP contribution in [0, 0.1) is 0 Å². The largest absolute Gasteiger partial charge is 0.352 e. The summed E-state index contributed by atoms with van der Waals surface area (Å²) in [6, 6.07) is -0.464. The molecule has 0 aromatic rings. The lowest BCUT2D eigenvalue weighted by Crippen LogP contribution is -2.37. The Hall–Kier alpha value is -0.200. The highest BCUT2D eigenvalue weighted by molar-refractivity contribution is 4.75. The second-order valence-corrected chi connectivity index (χ2v) is 2.69. The number of aliphatic hydroxyl groups is 1. The molecule has 0 aliphatic carbocycles. The van der Waals surface area contributed by atoms with Crippen LogP contribution in [0.1, 0.15) is 19.3 Å². The van der Waals surface area contributed by atoms with E-state index in [4.69, 9.17) is 16.6 Å². The number of rotatable bonds is 5. The molecule has 0 saturated carbocycles. The summed E-state index contributed by atoms with van der Waals surface area (Å²) in [5.74, 6) is -1.51. The monoisotopic (exact) mass is 162 g/mol. The van der Waals surface area contributed by atoms with E-state index in [2.05, 4.69) is 9.78 Å². The van der Waals surface area contributed by atoms with E-state index >= 15 is 0 Å². The van der Waals surface area contributed by atoms with Crippen molar-refractivity contribution in [3.8, 4) is 0 Å². The fourth-order valence-corrected chi connectivity index (χ4v) is 0.857. The number of hydrogen-bond donors (Lipinski definition) is 3. The molecule has 1 heterocycles. The van der Waals surface area contributed by atoms with Gasteiger partial charge in [0, 0.05) is 0 Å². The van der Waals surface area contributed by atoms with Crippen molar-refractivity contribution in [1.82, 2.24) is 0 Å². The van der Waals surface area contributed by atoms with Crippen LogP contribution in [-0.2, 0) is 9.78 Å². The van der Waals surface area contributed by atoms with E-state index < -0.39 is 12.0 Å². The zero-order valence-corrected chi connectivity index (χ0v) is 6.32. The summed E-state index contributed by atoms with van der Waals surface area (Å²) in [6.07, 6.45) is 2.45. The molecule has 1 aliphatic rings. The molecule has 5 N–H and O–H groups in total. The summed E-state index contributed by atoms with van der Waals surface area (Å²) >= 11 is 0. The molecule has 0 amide bonds. The molecule has 1 aliphatic heterocycles. The third kappa shape index (κ3) is 2.39. The van der Waals surface area contributed by atoms with Gasteiger partial charge < -0.3 is 16.6 Å². The molecule has 1 rings (SSSR count). The molecule has 5 nitrogen and oxygen atoms in total. The molecule has 0 radical (unpaired) electrons. The molecule has 0 unspecified atom stereocenters. The first-order valence-electron chi connectivity index (χ1n) is 3.74. The highest BCUT2D eigenvalue weighted by Gasteiger charge is 2.52. The molecule has 0 bridgehead atoms. The zero-order valence-electron chi connectivity index (χ0n) is 6.32. The summed E-state index contributed by atoms with van der Waals surface area (Å²) in [7, 11) is 0. The van der Waals surface area contributed by atoms with Gasteiger partial charge in [-0.05, 0) is 19.4 Å². The molecule has 0 aromatic heterocycles. The molecule has 0 spiro atoms. The van der Waals surface area contributed by atoms with Crippen molar-refractivity contribution in [2.24, 2.45) is 11.5 Å². The van der Waals surface area contributed by atoms with E-state index in [1.807, 2.05) is 0 Å². The SMILES string of the molecule is NCCCC[C@H](N)C1(O)OO1. The zero-order chi connectivity index (χ0) is 8.32. The van der Waals surface area contributed by atoms with E-state index in [-0.39, 0.29) is 0 Å². The van der Waals surface area contributed by atoms with Gasteiger partial charge in [0.25, 0.3) is 0 Å². The third-order valence-corrected chi connectivity index (χ3v) is 1.69. The van der Waals surface area contributed by atoms with Gasteiger partial charge >= 0.3 is 5.97 Å². The summed E-state index contributed by atoms with van der Waals surface area (Å²) < 4.78 is 0. The molecule has 0 aromatic carbocycles. The van der Waals surface area contributed by atoms with Crippen molar-refractivity contribution in [1.29, 1.82) is 0 Å². The van der Waals surface area contributed by atoms with Crippen LogP contribution in [0.2, 0.25) is 0 Å². The van der Waals surface area contributed by atoms with Crippen molar-refractivity contribution < 1.29 is 14.9 Å². The Morgan fingerprint density at radius 2 is 2.00 bits per heavy atom. The van der Waals surface area contributed by atoms with Crippen LogP contribution in [-0.4, -0.2) is 23.7 Å². The standard InChI is InChI=1S/C6H14N2O3/c7-4-2-1-3-5(8)6(9)10-11-6/h5,9H,1-4,7-8H2/t5-/m0/s1. The minimum Gasteiger partial charge on any atom is -0.338 e. The molecular weight excluding hydrogens is 148 g/mol. The Labute approximate surface area is 65.2 Å². The van der Waals surface area contributed by atoms with E-state index in [9.17, 15) is 0 Å². The van der Waals surface area contributed by atoms with E-state index in [1.54, 1.807) is 0 Å². The molecule has 1 saturated heterocycles. The maximum Gasteiger partial charge on any atom is 0.352 e. The summed E-state index contributed by atoms with van der Waals surface area (Å²) in [4.78, 5) is 8.58. The number of nitrogens with two attached hydrogens (primary N) is 2. The molecule has 5 heteroatoms. The van der Waals surface area contributed by atoms with Crippen molar-refractivity contribution >= 4 is 0 Å². The maximum atomic E-state index is 9.10. The van der Waals surface area contributed by atoms with Gasteiger partial charge in [0.2, 0.25) is 0 Å². The molecular formula is C6H14N2O3. The molecule has 1 fully saturated rings. The second kappa shape index (κ2) is 3.46. The van der Waals surface area contributed by atoms with Crippen molar-refractivity contribution in [2.45, 2.75) is 31.3 Å². The predicted molar refractivity (Wildman–Crippen MR) is 38.0 cm³/mol.